The number of hydrogen-bond donors (Lipinski definition) is 2. The predicted molar refractivity (Wildman–Crippen MR) is 138 cm³/mol. The molecular formula is C29H37N3O5. The van der Waals surface area contributed by atoms with E-state index in [9.17, 15) is 14.4 Å². The fourth-order valence-corrected chi connectivity index (χ4v) is 7.41. The Morgan fingerprint density at radius 2 is 1.76 bits per heavy atom. The van der Waals surface area contributed by atoms with Crippen molar-refractivity contribution in [2.75, 3.05) is 12.4 Å². The van der Waals surface area contributed by atoms with E-state index >= 15 is 0 Å². The summed E-state index contributed by atoms with van der Waals surface area (Å²) in [4.78, 5) is 43.6. The van der Waals surface area contributed by atoms with E-state index in [-0.39, 0.29) is 29.8 Å². The van der Waals surface area contributed by atoms with E-state index < -0.39 is 29.6 Å². The van der Waals surface area contributed by atoms with Gasteiger partial charge in [-0.15, -0.1) is 0 Å². The number of fused-ring (bicyclic) bond motifs is 1. The number of carbonyl (C=O) groups excluding carboxylic acids is 3. The summed E-state index contributed by atoms with van der Waals surface area (Å²) in [6, 6.07) is 6.56. The summed E-state index contributed by atoms with van der Waals surface area (Å²) in [6.45, 7) is 0. The van der Waals surface area contributed by atoms with Gasteiger partial charge in [-0.1, -0.05) is 56.7 Å². The van der Waals surface area contributed by atoms with Crippen molar-refractivity contribution in [1.82, 2.24) is 10.2 Å². The van der Waals surface area contributed by atoms with Crippen LogP contribution < -0.4 is 15.4 Å². The molecule has 1 aromatic carbocycles. The maximum Gasteiger partial charge on any atom is 0.246 e. The molecule has 4 fully saturated rings. The van der Waals surface area contributed by atoms with Crippen molar-refractivity contribution in [2.24, 2.45) is 11.8 Å². The molecule has 37 heavy (non-hydrogen) atoms. The lowest BCUT2D eigenvalue weighted by molar-refractivity contribution is -0.144. The van der Waals surface area contributed by atoms with Gasteiger partial charge in [-0.2, -0.15) is 0 Å². The number of hydrogen-bond acceptors (Lipinski definition) is 5. The van der Waals surface area contributed by atoms with Crippen LogP contribution in [0.15, 0.2) is 36.4 Å². The SMILES string of the molecule is COc1cccc(NC(=O)[C@H]2[C@@H]3C=C[C@]4(O3)[C@@H]2C(=O)N(C2CCCCC2)[C@@H]4C(=O)NC2CCCCC2)c1. The van der Waals surface area contributed by atoms with Gasteiger partial charge in [0.05, 0.1) is 25.0 Å². The van der Waals surface area contributed by atoms with Gasteiger partial charge in [0.15, 0.2) is 0 Å². The molecule has 2 bridgehead atoms. The quantitative estimate of drug-likeness (QED) is 0.574. The minimum Gasteiger partial charge on any atom is -0.497 e. The van der Waals surface area contributed by atoms with Crippen molar-refractivity contribution in [1.29, 1.82) is 0 Å². The molecule has 1 aromatic rings. The second-order valence-corrected chi connectivity index (χ2v) is 11.3. The topological polar surface area (TPSA) is 97.0 Å². The number of methoxy groups -OCH3 is 1. The molecule has 5 aliphatic rings. The number of benzene rings is 1. The number of carbonyl (C=O) groups is 3. The lowest BCUT2D eigenvalue weighted by Gasteiger charge is -2.39. The molecule has 2 saturated heterocycles. The summed E-state index contributed by atoms with van der Waals surface area (Å²) < 4.78 is 11.8. The fraction of sp³-hybridized carbons (Fsp3) is 0.621. The van der Waals surface area contributed by atoms with Crippen molar-refractivity contribution >= 4 is 23.4 Å². The van der Waals surface area contributed by atoms with Crippen LogP contribution in [-0.4, -0.2) is 59.6 Å². The highest BCUT2D eigenvalue weighted by atomic mass is 16.5. The van der Waals surface area contributed by atoms with E-state index in [0.29, 0.717) is 11.4 Å². The number of rotatable bonds is 6. The molecule has 3 aliphatic heterocycles. The third-order valence-electron chi connectivity index (χ3n) is 9.12. The smallest absolute Gasteiger partial charge is 0.246 e. The lowest BCUT2D eigenvalue weighted by atomic mass is 9.74. The van der Waals surface area contributed by atoms with Crippen LogP contribution in [0.2, 0.25) is 0 Å². The second-order valence-electron chi connectivity index (χ2n) is 11.3. The van der Waals surface area contributed by atoms with Gasteiger partial charge in [0.1, 0.15) is 17.4 Å². The molecule has 6 rings (SSSR count). The minimum atomic E-state index is -1.10. The first-order valence-electron chi connectivity index (χ1n) is 14.0. The number of anilines is 1. The van der Waals surface area contributed by atoms with E-state index in [1.807, 2.05) is 29.2 Å². The standard InChI is InChI=1S/C29H37N3O5/c1-36-21-14-8-11-19(17-21)31-26(33)23-22-15-16-29(37-22)24(23)28(35)32(20-12-6-3-7-13-20)25(29)27(34)30-18-9-4-2-5-10-18/h8,11,14-18,20,22-25H,2-7,9-10,12-13H2,1H3,(H,30,34)(H,31,33)/t22-,23-,24-,25+,29-/m0/s1. The van der Waals surface area contributed by atoms with E-state index in [4.69, 9.17) is 9.47 Å². The normalized spacial score (nSPS) is 33.4. The summed E-state index contributed by atoms with van der Waals surface area (Å²) in [5, 5.41) is 6.25. The molecule has 3 heterocycles. The molecule has 198 valence electrons. The van der Waals surface area contributed by atoms with Crippen molar-refractivity contribution in [3.63, 3.8) is 0 Å². The Bertz CT molecular complexity index is 1090. The summed E-state index contributed by atoms with van der Waals surface area (Å²) in [7, 11) is 1.58. The van der Waals surface area contributed by atoms with Crippen LogP contribution in [0.5, 0.6) is 5.75 Å². The zero-order valence-corrected chi connectivity index (χ0v) is 21.5. The third-order valence-corrected chi connectivity index (χ3v) is 9.12. The van der Waals surface area contributed by atoms with Crippen LogP contribution in [0.4, 0.5) is 5.69 Å². The lowest BCUT2D eigenvalue weighted by Crippen LogP contribution is -2.58. The number of nitrogens with zero attached hydrogens (tertiary/aromatic N) is 1. The summed E-state index contributed by atoms with van der Waals surface area (Å²) in [6.07, 6.45) is 13.6. The number of ether oxygens (including phenoxy) is 2. The van der Waals surface area contributed by atoms with Gasteiger partial charge in [-0.3, -0.25) is 14.4 Å². The van der Waals surface area contributed by atoms with Gasteiger partial charge in [0, 0.05) is 23.8 Å². The first kappa shape index (κ1) is 24.5. The van der Waals surface area contributed by atoms with E-state index in [2.05, 4.69) is 10.6 Å². The Hall–Kier alpha value is -2.87. The van der Waals surface area contributed by atoms with Crippen LogP contribution >= 0.6 is 0 Å². The van der Waals surface area contributed by atoms with Gasteiger partial charge in [0.25, 0.3) is 0 Å². The Morgan fingerprint density at radius 3 is 2.49 bits per heavy atom. The monoisotopic (exact) mass is 507 g/mol. The molecular weight excluding hydrogens is 470 g/mol. The van der Waals surface area contributed by atoms with Gasteiger partial charge < -0.3 is 25.0 Å². The van der Waals surface area contributed by atoms with Crippen molar-refractivity contribution in [3.05, 3.63) is 36.4 Å². The van der Waals surface area contributed by atoms with E-state index in [1.54, 1.807) is 19.2 Å². The van der Waals surface area contributed by atoms with E-state index in [0.717, 1.165) is 57.8 Å². The number of amides is 3. The first-order valence-corrected chi connectivity index (χ1v) is 14.0. The van der Waals surface area contributed by atoms with Crippen molar-refractivity contribution in [3.8, 4) is 5.75 Å². The molecule has 0 radical (unpaired) electrons. The first-order chi connectivity index (χ1) is 18.0. The largest absolute Gasteiger partial charge is 0.497 e. The van der Waals surface area contributed by atoms with Gasteiger partial charge in [0.2, 0.25) is 17.7 Å². The predicted octanol–water partition coefficient (Wildman–Crippen LogP) is 3.57. The Morgan fingerprint density at radius 1 is 1.03 bits per heavy atom. The average Bonchev–Trinajstić information content (AvgIpc) is 3.57. The Balaban J connectivity index is 1.31. The Kier molecular flexibility index (Phi) is 6.47. The molecule has 0 aromatic heterocycles. The highest BCUT2D eigenvalue weighted by Crippen LogP contribution is 2.56. The molecule has 5 atom stereocenters. The van der Waals surface area contributed by atoms with E-state index in [1.165, 1.54) is 6.42 Å². The van der Waals surface area contributed by atoms with Gasteiger partial charge in [-0.05, 0) is 37.8 Å². The molecule has 2 aliphatic carbocycles. The molecule has 0 unspecified atom stereocenters. The van der Waals surface area contributed by atoms with Crippen LogP contribution in [0.3, 0.4) is 0 Å². The molecule has 3 amide bonds. The average molecular weight is 508 g/mol. The molecule has 8 nitrogen and oxygen atoms in total. The number of nitrogens with one attached hydrogen (secondary N) is 2. The zero-order chi connectivity index (χ0) is 25.6. The minimum absolute atomic E-state index is 0.00137. The molecule has 1 spiro atoms. The molecule has 2 saturated carbocycles. The van der Waals surface area contributed by atoms with Crippen molar-refractivity contribution < 1.29 is 23.9 Å². The van der Waals surface area contributed by atoms with Gasteiger partial charge >= 0.3 is 0 Å². The summed E-state index contributed by atoms with van der Waals surface area (Å²) >= 11 is 0. The maximum absolute atomic E-state index is 14.2. The second kappa shape index (κ2) is 9.78. The van der Waals surface area contributed by atoms with Gasteiger partial charge in [-0.25, -0.2) is 0 Å². The van der Waals surface area contributed by atoms with Crippen LogP contribution in [0.25, 0.3) is 0 Å². The summed E-state index contributed by atoms with van der Waals surface area (Å²) in [5.41, 5.74) is -0.500. The van der Waals surface area contributed by atoms with Crippen molar-refractivity contribution in [2.45, 2.75) is 94.0 Å². The van der Waals surface area contributed by atoms with Crippen LogP contribution in [0.1, 0.15) is 64.2 Å². The van der Waals surface area contributed by atoms with Crippen LogP contribution in [-0.2, 0) is 19.1 Å². The third kappa shape index (κ3) is 4.13. The Labute approximate surface area is 218 Å². The maximum atomic E-state index is 14.2. The highest BCUT2D eigenvalue weighted by Gasteiger charge is 2.73. The highest BCUT2D eigenvalue weighted by molar-refractivity contribution is 6.03. The fourth-order valence-electron chi connectivity index (χ4n) is 7.41. The number of likely N-dealkylation sites (tertiary alicyclic amines) is 1. The zero-order valence-electron chi connectivity index (χ0n) is 21.5. The molecule has 8 heteroatoms. The molecule has 2 N–H and O–H groups in total. The summed E-state index contributed by atoms with van der Waals surface area (Å²) in [5.74, 6) is -1.28. The van der Waals surface area contributed by atoms with Crippen LogP contribution in [0, 0.1) is 11.8 Å².